The van der Waals surface area contributed by atoms with Gasteiger partial charge in [0.2, 0.25) is 10.0 Å². The Bertz CT molecular complexity index is 602. The van der Waals surface area contributed by atoms with Crippen LogP contribution in [0.1, 0.15) is 19.4 Å². The highest BCUT2D eigenvalue weighted by Crippen LogP contribution is 2.29. The standard InChI is InChI=1S/C13H19ClN2O3S/c1-13(2)9-19-6-5-16(13)20(17,18)11-4-3-10(8-15)12(14)7-11/h3-4,7H,5-6,8-9,15H2,1-2H3. The molecule has 0 amide bonds. The van der Waals surface area contributed by atoms with Crippen LogP contribution in [0.3, 0.4) is 0 Å². The number of morpholine rings is 1. The van der Waals surface area contributed by atoms with Crippen LogP contribution in [0.5, 0.6) is 0 Å². The molecular formula is C13H19ClN2O3S. The van der Waals surface area contributed by atoms with E-state index in [0.717, 1.165) is 5.56 Å². The molecule has 1 saturated heterocycles. The Morgan fingerprint density at radius 1 is 1.45 bits per heavy atom. The Kier molecular flexibility index (Phi) is 4.41. The van der Waals surface area contributed by atoms with Crippen molar-refractivity contribution < 1.29 is 13.2 Å². The van der Waals surface area contributed by atoms with E-state index in [1.54, 1.807) is 12.1 Å². The summed E-state index contributed by atoms with van der Waals surface area (Å²) in [6.07, 6.45) is 0. The SMILES string of the molecule is CC1(C)COCCN1S(=O)(=O)c1ccc(CN)c(Cl)c1. The van der Waals surface area contributed by atoms with Crippen molar-refractivity contribution in [1.82, 2.24) is 4.31 Å². The van der Waals surface area contributed by atoms with Crippen LogP contribution in [0.2, 0.25) is 5.02 Å². The fraction of sp³-hybridized carbons (Fsp3) is 0.538. The van der Waals surface area contributed by atoms with E-state index in [1.807, 2.05) is 13.8 Å². The molecule has 0 bridgehead atoms. The second-order valence-corrected chi connectivity index (χ2v) is 7.67. The van der Waals surface area contributed by atoms with Gasteiger partial charge >= 0.3 is 0 Å². The summed E-state index contributed by atoms with van der Waals surface area (Å²) in [7, 11) is -3.59. The lowest BCUT2D eigenvalue weighted by Crippen LogP contribution is -2.55. The molecule has 1 aliphatic heterocycles. The van der Waals surface area contributed by atoms with Crippen molar-refractivity contribution in [2.24, 2.45) is 5.73 Å². The smallest absolute Gasteiger partial charge is 0.243 e. The van der Waals surface area contributed by atoms with E-state index in [1.165, 1.54) is 10.4 Å². The van der Waals surface area contributed by atoms with Gasteiger partial charge in [0.15, 0.2) is 0 Å². The molecule has 7 heteroatoms. The van der Waals surface area contributed by atoms with Crippen LogP contribution in [0.15, 0.2) is 23.1 Å². The van der Waals surface area contributed by atoms with Crippen molar-refractivity contribution in [2.75, 3.05) is 19.8 Å². The topological polar surface area (TPSA) is 72.6 Å². The van der Waals surface area contributed by atoms with Gasteiger partial charge in [-0.1, -0.05) is 17.7 Å². The first-order valence-electron chi connectivity index (χ1n) is 6.38. The molecule has 0 aromatic heterocycles. The number of hydrogen-bond acceptors (Lipinski definition) is 4. The summed E-state index contributed by atoms with van der Waals surface area (Å²) >= 11 is 6.06. The van der Waals surface area contributed by atoms with Crippen LogP contribution in [-0.2, 0) is 21.3 Å². The first kappa shape index (κ1) is 15.7. The highest BCUT2D eigenvalue weighted by molar-refractivity contribution is 7.89. The van der Waals surface area contributed by atoms with Gasteiger partial charge in [0.1, 0.15) is 0 Å². The fourth-order valence-corrected chi connectivity index (χ4v) is 4.37. The van der Waals surface area contributed by atoms with Crippen LogP contribution >= 0.6 is 11.6 Å². The van der Waals surface area contributed by atoms with Gasteiger partial charge in [-0.25, -0.2) is 8.42 Å². The number of rotatable bonds is 3. The first-order chi connectivity index (χ1) is 9.29. The number of halogens is 1. The molecule has 1 aliphatic rings. The van der Waals surface area contributed by atoms with Crippen molar-refractivity contribution >= 4 is 21.6 Å². The maximum atomic E-state index is 12.7. The Labute approximate surface area is 124 Å². The minimum Gasteiger partial charge on any atom is -0.378 e. The van der Waals surface area contributed by atoms with E-state index >= 15 is 0 Å². The number of ether oxygens (including phenoxy) is 1. The quantitative estimate of drug-likeness (QED) is 0.918. The molecule has 2 rings (SSSR count). The summed E-state index contributed by atoms with van der Waals surface area (Å²) in [4.78, 5) is 0.190. The average Bonchev–Trinajstić information content (AvgIpc) is 2.37. The van der Waals surface area contributed by atoms with Crippen LogP contribution in [0.25, 0.3) is 0 Å². The second kappa shape index (κ2) is 5.61. The summed E-state index contributed by atoms with van der Waals surface area (Å²) in [6, 6.07) is 4.67. The molecule has 0 spiro atoms. The van der Waals surface area contributed by atoms with Gasteiger partial charge in [0.05, 0.1) is 23.6 Å². The van der Waals surface area contributed by atoms with Crippen LogP contribution < -0.4 is 5.73 Å². The molecule has 0 unspecified atom stereocenters. The van der Waals surface area contributed by atoms with Crippen LogP contribution in [0.4, 0.5) is 0 Å². The van der Waals surface area contributed by atoms with Crippen LogP contribution in [0, 0.1) is 0 Å². The van der Waals surface area contributed by atoms with E-state index in [2.05, 4.69) is 0 Å². The third-order valence-corrected chi connectivity index (χ3v) is 5.86. The molecule has 5 nitrogen and oxygen atoms in total. The summed E-state index contributed by atoms with van der Waals surface area (Å²) in [5.74, 6) is 0. The minimum absolute atomic E-state index is 0.190. The lowest BCUT2D eigenvalue weighted by Gasteiger charge is -2.40. The van der Waals surface area contributed by atoms with Gasteiger partial charge in [0, 0.05) is 18.1 Å². The third-order valence-electron chi connectivity index (χ3n) is 3.40. The van der Waals surface area contributed by atoms with Crippen molar-refractivity contribution in [3.05, 3.63) is 28.8 Å². The molecule has 1 fully saturated rings. The van der Waals surface area contributed by atoms with E-state index in [-0.39, 0.29) is 11.4 Å². The predicted octanol–water partition coefficient (Wildman–Crippen LogP) is 1.60. The Hall–Kier alpha value is -0.660. The maximum absolute atomic E-state index is 12.7. The molecule has 112 valence electrons. The molecule has 1 aromatic carbocycles. The van der Waals surface area contributed by atoms with Gasteiger partial charge in [0.25, 0.3) is 0 Å². The van der Waals surface area contributed by atoms with E-state index in [4.69, 9.17) is 22.1 Å². The van der Waals surface area contributed by atoms with E-state index < -0.39 is 15.6 Å². The van der Waals surface area contributed by atoms with E-state index in [9.17, 15) is 8.42 Å². The highest BCUT2D eigenvalue weighted by atomic mass is 35.5. The Balaban J connectivity index is 2.42. The summed E-state index contributed by atoms with van der Waals surface area (Å²) in [6.45, 7) is 5.09. The lowest BCUT2D eigenvalue weighted by atomic mass is 10.1. The third kappa shape index (κ3) is 2.84. The zero-order chi connectivity index (χ0) is 15.0. The molecule has 0 aliphatic carbocycles. The molecule has 1 heterocycles. The molecular weight excluding hydrogens is 300 g/mol. The lowest BCUT2D eigenvalue weighted by molar-refractivity contribution is -0.00770. The predicted molar refractivity (Wildman–Crippen MR) is 78.1 cm³/mol. The minimum atomic E-state index is -3.59. The first-order valence-corrected chi connectivity index (χ1v) is 8.20. The van der Waals surface area contributed by atoms with Crippen molar-refractivity contribution in [3.63, 3.8) is 0 Å². The van der Waals surface area contributed by atoms with Gasteiger partial charge < -0.3 is 10.5 Å². The van der Waals surface area contributed by atoms with E-state index in [0.29, 0.717) is 24.8 Å². The largest absolute Gasteiger partial charge is 0.378 e. The van der Waals surface area contributed by atoms with Crippen molar-refractivity contribution in [3.8, 4) is 0 Å². The highest BCUT2D eigenvalue weighted by Gasteiger charge is 2.39. The summed E-state index contributed by atoms with van der Waals surface area (Å²) < 4.78 is 32.3. The molecule has 1 aromatic rings. The average molecular weight is 319 g/mol. The zero-order valence-corrected chi connectivity index (χ0v) is 13.2. The summed E-state index contributed by atoms with van der Waals surface area (Å²) in [5.41, 5.74) is 5.69. The number of nitrogens with zero attached hydrogens (tertiary/aromatic N) is 1. The van der Waals surface area contributed by atoms with Crippen molar-refractivity contribution in [1.29, 1.82) is 0 Å². The normalized spacial score (nSPS) is 20.0. The van der Waals surface area contributed by atoms with Crippen molar-refractivity contribution in [2.45, 2.75) is 30.8 Å². The second-order valence-electron chi connectivity index (χ2n) is 5.40. The Morgan fingerprint density at radius 3 is 2.70 bits per heavy atom. The maximum Gasteiger partial charge on any atom is 0.243 e. The zero-order valence-electron chi connectivity index (χ0n) is 11.6. The van der Waals surface area contributed by atoms with Crippen LogP contribution in [-0.4, -0.2) is 38.0 Å². The Morgan fingerprint density at radius 2 is 2.15 bits per heavy atom. The van der Waals surface area contributed by atoms with Gasteiger partial charge in [-0.05, 0) is 31.5 Å². The monoisotopic (exact) mass is 318 g/mol. The number of sulfonamides is 1. The molecule has 0 radical (unpaired) electrons. The summed E-state index contributed by atoms with van der Waals surface area (Å²) in [5, 5.41) is 0.375. The molecule has 0 atom stereocenters. The fourth-order valence-electron chi connectivity index (χ4n) is 2.27. The number of nitrogens with two attached hydrogens (primary N) is 1. The molecule has 20 heavy (non-hydrogen) atoms. The number of benzene rings is 1. The molecule has 2 N–H and O–H groups in total. The van der Waals surface area contributed by atoms with Gasteiger partial charge in [-0.15, -0.1) is 0 Å². The number of hydrogen-bond donors (Lipinski definition) is 1. The van der Waals surface area contributed by atoms with Gasteiger partial charge in [-0.2, -0.15) is 4.31 Å². The van der Waals surface area contributed by atoms with Gasteiger partial charge in [-0.3, -0.25) is 0 Å². The molecule has 0 saturated carbocycles.